The summed E-state index contributed by atoms with van der Waals surface area (Å²) in [5.41, 5.74) is 3.36. The van der Waals surface area contributed by atoms with Crippen molar-refractivity contribution in [2.24, 2.45) is 5.92 Å². The Kier molecular flexibility index (Phi) is 4.57. The molecule has 26 heavy (non-hydrogen) atoms. The van der Waals surface area contributed by atoms with E-state index in [4.69, 9.17) is 4.74 Å². The third-order valence-corrected chi connectivity index (χ3v) is 5.06. The molecular weight excluding hydrogens is 320 g/mol. The molecule has 2 nitrogen and oxygen atoms in total. The van der Waals surface area contributed by atoms with E-state index in [0.29, 0.717) is 18.9 Å². The number of benzene rings is 3. The lowest BCUT2D eigenvalue weighted by Crippen LogP contribution is -2.10. The van der Waals surface area contributed by atoms with Gasteiger partial charge >= 0.3 is 0 Å². The lowest BCUT2D eigenvalue weighted by atomic mass is 9.84. The maximum Gasteiger partial charge on any atom is 0.156 e. The molecule has 1 atom stereocenters. The molecule has 1 unspecified atom stereocenters. The van der Waals surface area contributed by atoms with Gasteiger partial charge in [0.2, 0.25) is 0 Å². The molecule has 2 heteroatoms. The van der Waals surface area contributed by atoms with E-state index in [1.807, 2.05) is 18.2 Å². The Morgan fingerprint density at radius 2 is 1.81 bits per heavy atom. The molecule has 0 saturated heterocycles. The van der Waals surface area contributed by atoms with Gasteiger partial charge in [-0.3, -0.25) is 4.79 Å². The molecule has 130 valence electrons. The molecule has 0 saturated carbocycles. The first-order valence-electron chi connectivity index (χ1n) is 9.14. The Labute approximate surface area is 154 Å². The highest BCUT2D eigenvalue weighted by molar-refractivity contribution is 5.98. The standard InChI is InChI=1S/C24H22O2/c1-17-9-12-22(25)15-24(17)21-7-4-8-23(14-21)26-16-18-10-11-19-5-2-3-6-20(19)13-18/h2-8,10-11,13-15,17H,9,12,16H2,1H3. The second-order valence-electron chi connectivity index (χ2n) is 7.00. The van der Waals surface area contributed by atoms with E-state index in [-0.39, 0.29) is 5.78 Å². The summed E-state index contributed by atoms with van der Waals surface area (Å²) in [7, 11) is 0. The van der Waals surface area contributed by atoms with Gasteiger partial charge < -0.3 is 4.74 Å². The van der Waals surface area contributed by atoms with E-state index in [0.717, 1.165) is 28.9 Å². The maximum absolute atomic E-state index is 11.8. The minimum Gasteiger partial charge on any atom is -0.489 e. The smallest absolute Gasteiger partial charge is 0.156 e. The quantitative estimate of drug-likeness (QED) is 0.599. The average Bonchev–Trinajstić information content (AvgIpc) is 2.68. The largest absolute Gasteiger partial charge is 0.489 e. The zero-order chi connectivity index (χ0) is 17.9. The van der Waals surface area contributed by atoms with Crippen LogP contribution in [-0.2, 0) is 11.4 Å². The fourth-order valence-corrected chi connectivity index (χ4v) is 3.53. The van der Waals surface area contributed by atoms with Crippen molar-refractivity contribution >= 4 is 22.1 Å². The summed E-state index contributed by atoms with van der Waals surface area (Å²) in [5, 5.41) is 2.46. The first kappa shape index (κ1) is 16.6. The molecule has 1 aliphatic carbocycles. The van der Waals surface area contributed by atoms with E-state index in [1.165, 1.54) is 10.8 Å². The second kappa shape index (κ2) is 7.17. The summed E-state index contributed by atoms with van der Waals surface area (Å²) in [6, 6.07) is 22.8. The van der Waals surface area contributed by atoms with E-state index in [2.05, 4.69) is 55.5 Å². The van der Waals surface area contributed by atoms with Crippen molar-refractivity contribution in [3.8, 4) is 5.75 Å². The van der Waals surface area contributed by atoms with Gasteiger partial charge in [0.15, 0.2) is 5.78 Å². The molecule has 3 aromatic carbocycles. The van der Waals surface area contributed by atoms with Crippen molar-refractivity contribution < 1.29 is 9.53 Å². The Bertz CT molecular complexity index is 984. The van der Waals surface area contributed by atoms with Crippen LogP contribution in [0, 0.1) is 5.92 Å². The van der Waals surface area contributed by atoms with Gasteiger partial charge in [-0.05, 0) is 64.1 Å². The Morgan fingerprint density at radius 1 is 0.962 bits per heavy atom. The van der Waals surface area contributed by atoms with Crippen LogP contribution in [-0.4, -0.2) is 5.78 Å². The van der Waals surface area contributed by atoms with Crippen LogP contribution in [0.15, 0.2) is 72.8 Å². The second-order valence-corrected chi connectivity index (χ2v) is 7.00. The summed E-state index contributed by atoms with van der Waals surface area (Å²) in [6.07, 6.45) is 3.38. The van der Waals surface area contributed by atoms with Crippen LogP contribution >= 0.6 is 0 Å². The van der Waals surface area contributed by atoms with Gasteiger partial charge in [-0.1, -0.05) is 55.5 Å². The molecule has 0 aromatic heterocycles. The van der Waals surface area contributed by atoms with Crippen molar-refractivity contribution in [3.63, 3.8) is 0 Å². The number of ketones is 1. The fraction of sp³-hybridized carbons (Fsp3) is 0.208. The SMILES string of the molecule is CC1CCC(=O)C=C1c1cccc(OCc2ccc3ccccc3c2)c1. The Balaban J connectivity index is 1.52. The Hall–Kier alpha value is -2.87. The highest BCUT2D eigenvalue weighted by atomic mass is 16.5. The van der Waals surface area contributed by atoms with Gasteiger partial charge in [-0.2, -0.15) is 0 Å². The zero-order valence-electron chi connectivity index (χ0n) is 14.9. The molecule has 4 rings (SSSR count). The molecule has 1 aliphatic rings. The van der Waals surface area contributed by atoms with Crippen molar-refractivity contribution in [1.29, 1.82) is 0 Å². The van der Waals surface area contributed by atoms with Gasteiger partial charge in [-0.25, -0.2) is 0 Å². The van der Waals surface area contributed by atoms with Crippen LogP contribution in [0.1, 0.15) is 30.9 Å². The summed E-state index contributed by atoms with van der Waals surface area (Å²) in [6.45, 7) is 2.71. The topological polar surface area (TPSA) is 26.3 Å². The predicted octanol–water partition coefficient (Wildman–Crippen LogP) is 5.80. The number of hydrogen-bond acceptors (Lipinski definition) is 2. The Morgan fingerprint density at radius 3 is 2.69 bits per heavy atom. The van der Waals surface area contributed by atoms with Crippen LogP contribution in [0.2, 0.25) is 0 Å². The lowest BCUT2D eigenvalue weighted by molar-refractivity contribution is -0.115. The van der Waals surface area contributed by atoms with Crippen molar-refractivity contribution in [3.05, 3.63) is 83.9 Å². The van der Waals surface area contributed by atoms with Gasteiger partial charge in [0.05, 0.1) is 0 Å². The third-order valence-electron chi connectivity index (χ3n) is 5.06. The van der Waals surface area contributed by atoms with Crippen LogP contribution in [0.5, 0.6) is 5.75 Å². The normalized spacial score (nSPS) is 17.2. The molecule has 0 aliphatic heterocycles. The molecule has 3 aromatic rings. The van der Waals surface area contributed by atoms with Crippen molar-refractivity contribution in [1.82, 2.24) is 0 Å². The summed E-state index contributed by atoms with van der Waals surface area (Å²) in [5.74, 6) is 1.46. The molecule has 0 heterocycles. The van der Waals surface area contributed by atoms with Crippen LogP contribution in [0.3, 0.4) is 0 Å². The number of carbonyl (C=O) groups excluding carboxylic acids is 1. The van der Waals surface area contributed by atoms with Crippen molar-refractivity contribution in [2.75, 3.05) is 0 Å². The third kappa shape index (κ3) is 3.55. The van der Waals surface area contributed by atoms with Crippen molar-refractivity contribution in [2.45, 2.75) is 26.4 Å². The molecular formula is C24H22O2. The van der Waals surface area contributed by atoms with E-state index in [1.54, 1.807) is 6.08 Å². The minimum atomic E-state index is 0.223. The molecule has 0 bridgehead atoms. The molecule has 0 radical (unpaired) electrons. The molecule has 0 spiro atoms. The lowest BCUT2D eigenvalue weighted by Gasteiger charge is -2.20. The number of ether oxygens (including phenoxy) is 1. The molecule has 0 amide bonds. The van der Waals surface area contributed by atoms with E-state index >= 15 is 0 Å². The highest BCUT2D eigenvalue weighted by Crippen LogP contribution is 2.32. The number of rotatable bonds is 4. The predicted molar refractivity (Wildman–Crippen MR) is 106 cm³/mol. The fourth-order valence-electron chi connectivity index (χ4n) is 3.53. The summed E-state index contributed by atoms with van der Waals surface area (Å²) in [4.78, 5) is 11.8. The average molecular weight is 342 g/mol. The van der Waals surface area contributed by atoms with Crippen LogP contribution in [0.25, 0.3) is 16.3 Å². The summed E-state index contributed by atoms with van der Waals surface area (Å²) >= 11 is 0. The minimum absolute atomic E-state index is 0.223. The van der Waals surface area contributed by atoms with Gasteiger partial charge in [0, 0.05) is 6.42 Å². The van der Waals surface area contributed by atoms with Crippen LogP contribution < -0.4 is 4.74 Å². The molecule has 0 N–H and O–H groups in total. The number of allylic oxidation sites excluding steroid dienone is 2. The monoisotopic (exact) mass is 342 g/mol. The number of fused-ring (bicyclic) bond motifs is 1. The highest BCUT2D eigenvalue weighted by Gasteiger charge is 2.19. The number of carbonyl (C=O) groups is 1. The van der Waals surface area contributed by atoms with E-state index < -0.39 is 0 Å². The first-order chi connectivity index (χ1) is 12.7. The van der Waals surface area contributed by atoms with Gasteiger partial charge in [-0.15, -0.1) is 0 Å². The maximum atomic E-state index is 11.8. The zero-order valence-corrected chi connectivity index (χ0v) is 14.9. The first-order valence-corrected chi connectivity index (χ1v) is 9.14. The van der Waals surface area contributed by atoms with Gasteiger partial charge in [0.1, 0.15) is 12.4 Å². The summed E-state index contributed by atoms with van der Waals surface area (Å²) < 4.78 is 6.02. The van der Waals surface area contributed by atoms with E-state index in [9.17, 15) is 4.79 Å². The van der Waals surface area contributed by atoms with Gasteiger partial charge in [0.25, 0.3) is 0 Å². The number of hydrogen-bond donors (Lipinski definition) is 0. The molecule has 0 fully saturated rings. The van der Waals surface area contributed by atoms with Crippen LogP contribution in [0.4, 0.5) is 0 Å².